The van der Waals surface area contributed by atoms with Crippen LogP contribution in [0.25, 0.3) is 0 Å². The Morgan fingerprint density at radius 3 is 2.47 bits per heavy atom. The molecule has 2 N–H and O–H groups in total. The summed E-state index contributed by atoms with van der Waals surface area (Å²) in [6.07, 6.45) is 10.2. The van der Waals surface area contributed by atoms with E-state index in [2.05, 4.69) is 12.2 Å². The molecule has 0 spiro atoms. The average Bonchev–Trinajstić information content (AvgIpc) is 2.64. The molecule has 2 heteroatoms. The molecule has 0 aromatic carbocycles. The summed E-state index contributed by atoms with van der Waals surface area (Å²) in [5, 5.41) is 13.5. The molecular weight excluding hydrogens is 186 g/mol. The van der Waals surface area contributed by atoms with Gasteiger partial charge in [-0.25, -0.2) is 0 Å². The maximum absolute atomic E-state index is 9.96. The number of hydrogen-bond acceptors (Lipinski definition) is 2. The molecule has 0 saturated heterocycles. The Bertz CT molecular complexity index is 195. The van der Waals surface area contributed by atoms with Crippen LogP contribution in [0.2, 0.25) is 0 Å². The Morgan fingerprint density at radius 2 is 1.93 bits per heavy atom. The fourth-order valence-electron chi connectivity index (χ4n) is 2.96. The van der Waals surface area contributed by atoms with E-state index in [0.717, 1.165) is 25.3 Å². The van der Waals surface area contributed by atoms with Crippen molar-refractivity contribution < 1.29 is 5.11 Å². The van der Waals surface area contributed by atoms with Gasteiger partial charge in [-0.1, -0.05) is 25.7 Å². The van der Waals surface area contributed by atoms with Crippen molar-refractivity contribution in [1.29, 1.82) is 0 Å². The van der Waals surface area contributed by atoms with Crippen molar-refractivity contribution in [1.82, 2.24) is 5.32 Å². The first-order chi connectivity index (χ1) is 7.18. The highest BCUT2D eigenvalue weighted by atomic mass is 16.3. The van der Waals surface area contributed by atoms with E-state index in [1.807, 2.05) is 0 Å². The quantitative estimate of drug-likeness (QED) is 0.732. The van der Waals surface area contributed by atoms with Crippen molar-refractivity contribution in [3.63, 3.8) is 0 Å². The number of rotatable bonds is 5. The molecule has 0 bridgehead atoms. The van der Waals surface area contributed by atoms with Crippen LogP contribution in [0.1, 0.15) is 58.3 Å². The first kappa shape index (κ1) is 11.4. The zero-order valence-corrected chi connectivity index (χ0v) is 9.97. The highest BCUT2D eigenvalue weighted by Gasteiger charge is 2.34. The van der Waals surface area contributed by atoms with Gasteiger partial charge < -0.3 is 10.4 Å². The second-order valence-corrected chi connectivity index (χ2v) is 5.75. The summed E-state index contributed by atoms with van der Waals surface area (Å²) < 4.78 is 0. The lowest BCUT2D eigenvalue weighted by Crippen LogP contribution is -2.48. The Labute approximate surface area is 93.5 Å². The lowest BCUT2D eigenvalue weighted by atomic mass is 9.80. The third kappa shape index (κ3) is 3.18. The molecule has 0 heterocycles. The van der Waals surface area contributed by atoms with Gasteiger partial charge in [-0.3, -0.25) is 0 Å². The van der Waals surface area contributed by atoms with Gasteiger partial charge in [0.2, 0.25) is 0 Å². The Hall–Kier alpha value is -0.0800. The van der Waals surface area contributed by atoms with Crippen LogP contribution < -0.4 is 5.32 Å². The molecule has 2 aliphatic carbocycles. The van der Waals surface area contributed by atoms with E-state index in [-0.39, 0.29) is 5.60 Å². The molecule has 88 valence electrons. The largest absolute Gasteiger partial charge is 0.389 e. The Kier molecular flexibility index (Phi) is 3.68. The molecular formula is C13H25NO. The molecule has 0 amide bonds. The van der Waals surface area contributed by atoms with Crippen LogP contribution in [0.5, 0.6) is 0 Å². The third-order valence-electron chi connectivity index (χ3n) is 4.23. The molecule has 1 unspecified atom stereocenters. The number of aliphatic hydroxyl groups is 1. The highest BCUT2D eigenvalue weighted by molar-refractivity contribution is 4.90. The molecule has 0 aromatic rings. The van der Waals surface area contributed by atoms with Crippen molar-refractivity contribution in [3.05, 3.63) is 0 Å². The topological polar surface area (TPSA) is 32.3 Å². The maximum atomic E-state index is 9.96. The zero-order chi connectivity index (χ0) is 10.7. The minimum atomic E-state index is -0.357. The number of nitrogens with one attached hydrogen (secondary N) is 1. The standard InChI is InChI=1S/C13H25NO/c1-11(9-12-5-2-3-6-12)14-10-13(15)7-4-8-13/h11-12,14-15H,2-10H2,1H3. The van der Waals surface area contributed by atoms with Crippen LogP contribution in [0, 0.1) is 5.92 Å². The average molecular weight is 211 g/mol. The van der Waals surface area contributed by atoms with Crippen LogP contribution >= 0.6 is 0 Å². The molecule has 1 atom stereocenters. The lowest BCUT2D eigenvalue weighted by molar-refractivity contribution is -0.0332. The predicted molar refractivity (Wildman–Crippen MR) is 62.8 cm³/mol. The van der Waals surface area contributed by atoms with Gasteiger partial charge in [0.05, 0.1) is 5.60 Å². The third-order valence-corrected chi connectivity index (χ3v) is 4.23. The molecule has 0 aromatic heterocycles. The summed E-state index contributed by atoms with van der Waals surface area (Å²) in [6.45, 7) is 3.07. The maximum Gasteiger partial charge on any atom is 0.0771 e. The van der Waals surface area contributed by atoms with Gasteiger partial charge in [-0.05, 0) is 38.5 Å². The fourth-order valence-corrected chi connectivity index (χ4v) is 2.96. The predicted octanol–water partition coefficient (Wildman–Crippen LogP) is 2.46. The molecule has 0 radical (unpaired) electrons. The van der Waals surface area contributed by atoms with Crippen molar-refractivity contribution in [2.45, 2.75) is 69.9 Å². The molecule has 2 rings (SSSR count). The van der Waals surface area contributed by atoms with Gasteiger partial charge in [0.25, 0.3) is 0 Å². The SMILES string of the molecule is CC(CC1CCCC1)NCC1(O)CCC1. The molecule has 2 saturated carbocycles. The van der Waals surface area contributed by atoms with Gasteiger partial charge in [0.15, 0.2) is 0 Å². The fraction of sp³-hybridized carbons (Fsp3) is 1.00. The monoisotopic (exact) mass is 211 g/mol. The van der Waals surface area contributed by atoms with Gasteiger partial charge in [0, 0.05) is 12.6 Å². The van der Waals surface area contributed by atoms with E-state index in [4.69, 9.17) is 0 Å². The van der Waals surface area contributed by atoms with E-state index in [1.165, 1.54) is 38.5 Å². The van der Waals surface area contributed by atoms with Gasteiger partial charge >= 0.3 is 0 Å². The smallest absolute Gasteiger partial charge is 0.0771 e. The van der Waals surface area contributed by atoms with E-state index in [0.29, 0.717) is 6.04 Å². The number of hydrogen-bond donors (Lipinski definition) is 2. The summed E-state index contributed by atoms with van der Waals surface area (Å²) in [5.41, 5.74) is -0.357. The molecule has 2 aliphatic rings. The first-order valence-corrected chi connectivity index (χ1v) is 6.64. The highest BCUT2D eigenvalue weighted by Crippen LogP contribution is 2.31. The summed E-state index contributed by atoms with van der Waals surface area (Å²) in [7, 11) is 0. The molecule has 2 nitrogen and oxygen atoms in total. The van der Waals surface area contributed by atoms with Crippen LogP contribution in [-0.4, -0.2) is 23.3 Å². The summed E-state index contributed by atoms with van der Waals surface area (Å²) in [6, 6.07) is 0.581. The molecule has 15 heavy (non-hydrogen) atoms. The molecule has 0 aliphatic heterocycles. The van der Waals surface area contributed by atoms with Gasteiger partial charge in [-0.2, -0.15) is 0 Å². The second-order valence-electron chi connectivity index (χ2n) is 5.75. The van der Waals surface area contributed by atoms with Crippen molar-refractivity contribution in [3.8, 4) is 0 Å². The van der Waals surface area contributed by atoms with Crippen LogP contribution in [-0.2, 0) is 0 Å². The van der Waals surface area contributed by atoms with Crippen LogP contribution in [0.4, 0.5) is 0 Å². The Morgan fingerprint density at radius 1 is 1.27 bits per heavy atom. The van der Waals surface area contributed by atoms with E-state index < -0.39 is 0 Å². The van der Waals surface area contributed by atoms with E-state index >= 15 is 0 Å². The minimum absolute atomic E-state index is 0.357. The van der Waals surface area contributed by atoms with Crippen LogP contribution in [0.15, 0.2) is 0 Å². The van der Waals surface area contributed by atoms with Crippen molar-refractivity contribution >= 4 is 0 Å². The summed E-state index contributed by atoms with van der Waals surface area (Å²) in [5.74, 6) is 0.948. The van der Waals surface area contributed by atoms with Crippen molar-refractivity contribution in [2.24, 2.45) is 5.92 Å². The summed E-state index contributed by atoms with van der Waals surface area (Å²) >= 11 is 0. The van der Waals surface area contributed by atoms with Gasteiger partial charge in [0.1, 0.15) is 0 Å². The second kappa shape index (κ2) is 4.84. The van der Waals surface area contributed by atoms with Crippen molar-refractivity contribution in [2.75, 3.05) is 6.54 Å². The Balaban J connectivity index is 1.61. The van der Waals surface area contributed by atoms with Crippen LogP contribution in [0.3, 0.4) is 0 Å². The minimum Gasteiger partial charge on any atom is -0.389 e. The molecule has 2 fully saturated rings. The van der Waals surface area contributed by atoms with Gasteiger partial charge in [-0.15, -0.1) is 0 Å². The van der Waals surface area contributed by atoms with E-state index in [9.17, 15) is 5.11 Å². The lowest BCUT2D eigenvalue weighted by Gasteiger charge is -2.37. The van der Waals surface area contributed by atoms with E-state index in [1.54, 1.807) is 0 Å². The summed E-state index contributed by atoms with van der Waals surface area (Å²) in [4.78, 5) is 0. The normalized spacial score (nSPS) is 27.6. The zero-order valence-electron chi connectivity index (χ0n) is 9.97. The first-order valence-electron chi connectivity index (χ1n) is 6.64.